The Morgan fingerprint density at radius 2 is 2.04 bits per heavy atom. The number of piperazine rings is 1. The second-order valence-electron chi connectivity index (χ2n) is 7.14. The molecule has 2 atom stereocenters. The van der Waals surface area contributed by atoms with Crippen molar-refractivity contribution in [1.29, 1.82) is 0 Å². The van der Waals surface area contributed by atoms with Crippen LogP contribution in [-0.4, -0.2) is 84.4 Å². The van der Waals surface area contributed by atoms with Crippen LogP contribution >= 0.6 is 0 Å². The zero-order valence-corrected chi connectivity index (χ0v) is 16.7. The van der Waals surface area contributed by atoms with Gasteiger partial charge in [-0.2, -0.15) is 4.31 Å². The van der Waals surface area contributed by atoms with E-state index in [4.69, 9.17) is 0 Å². The molecular weight excluding hydrogens is 386 g/mol. The van der Waals surface area contributed by atoms with Crippen LogP contribution in [-0.2, 0) is 26.7 Å². The number of piperidine rings is 1. The standard InChI is InChI=1S/C17H25N5O5S/c1-20-8-4-6-13(20)17(25)21-9-10-22(28(2,26)27)14(11-21)16(24)19-12-5-3-7-18-15(12)23/h4,6,8,12,14H,3,5,7,9-11H2,1-2H3,(H,18,23)(H,19,24). The molecule has 0 bridgehead atoms. The summed E-state index contributed by atoms with van der Waals surface area (Å²) in [4.78, 5) is 39.0. The molecule has 2 N–H and O–H groups in total. The van der Waals surface area contributed by atoms with Crippen LogP contribution < -0.4 is 10.6 Å². The number of rotatable bonds is 4. The number of nitrogens with one attached hydrogen (secondary N) is 2. The number of carbonyl (C=O) groups excluding carboxylic acids is 3. The fourth-order valence-electron chi connectivity index (χ4n) is 3.58. The van der Waals surface area contributed by atoms with E-state index >= 15 is 0 Å². The van der Waals surface area contributed by atoms with Gasteiger partial charge in [0.15, 0.2) is 0 Å². The summed E-state index contributed by atoms with van der Waals surface area (Å²) in [5, 5.41) is 5.33. The maximum atomic E-state index is 12.9. The van der Waals surface area contributed by atoms with Crippen molar-refractivity contribution in [2.75, 3.05) is 32.4 Å². The molecule has 11 heteroatoms. The molecular formula is C17H25N5O5S. The van der Waals surface area contributed by atoms with Gasteiger partial charge in [-0.15, -0.1) is 0 Å². The first-order valence-corrected chi connectivity index (χ1v) is 11.0. The van der Waals surface area contributed by atoms with Gasteiger partial charge in [0.2, 0.25) is 21.8 Å². The van der Waals surface area contributed by atoms with E-state index in [0.29, 0.717) is 18.7 Å². The molecule has 3 amide bonds. The summed E-state index contributed by atoms with van der Waals surface area (Å²) in [5.41, 5.74) is 0.457. The van der Waals surface area contributed by atoms with Crippen LogP contribution in [0.1, 0.15) is 23.3 Å². The van der Waals surface area contributed by atoms with Gasteiger partial charge in [-0.3, -0.25) is 14.4 Å². The van der Waals surface area contributed by atoms with Gasteiger partial charge in [0.25, 0.3) is 5.91 Å². The van der Waals surface area contributed by atoms with Gasteiger partial charge in [0, 0.05) is 39.4 Å². The van der Waals surface area contributed by atoms with Gasteiger partial charge >= 0.3 is 0 Å². The minimum Gasteiger partial charge on any atom is -0.354 e. The average molecular weight is 411 g/mol. The third-order valence-corrected chi connectivity index (χ3v) is 6.40. The largest absolute Gasteiger partial charge is 0.354 e. The molecule has 2 aliphatic heterocycles. The van der Waals surface area contributed by atoms with E-state index in [9.17, 15) is 22.8 Å². The Kier molecular flexibility index (Phi) is 5.75. The topological polar surface area (TPSA) is 121 Å². The minimum atomic E-state index is -3.66. The van der Waals surface area contributed by atoms with Crippen LogP contribution in [0.5, 0.6) is 0 Å². The van der Waals surface area contributed by atoms with Crippen LogP contribution in [0.2, 0.25) is 0 Å². The maximum absolute atomic E-state index is 12.9. The fourth-order valence-corrected chi connectivity index (χ4v) is 4.62. The molecule has 0 aromatic carbocycles. The Morgan fingerprint density at radius 1 is 1.29 bits per heavy atom. The fraction of sp³-hybridized carbons (Fsp3) is 0.588. The molecule has 0 radical (unpaired) electrons. The lowest BCUT2D eigenvalue weighted by Crippen LogP contribution is -2.63. The Hall–Kier alpha value is -2.40. The van der Waals surface area contributed by atoms with Crippen molar-refractivity contribution in [3.63, 3.8) is 0 Å². The molecule has 0 saturated carbocycles. The van der Waals surface area contributed by atoms with Crippen molar-refractivity contribution in [2.24, 2.45) is 7.05 Å². The predicted molar refractivity (Wildman–Crippen MR) is 101 cm³/mol. The van der Waals surface area contributed by atoms with Gasteiger partial charge in [0.05, 0.1) is 6.26 Å². The Balaban J connectivity index is 1.79. The summed E-state index contributed by atoms with van der Waals surface area (Å²) >= 11 is 0. The third-order valence-electron chi connectivity index (χ3n) is 5.11. The van der Waals surface area contributed by atoms with Crippen LogP contribution in [0, 0.1) is 0 Å². The highest BCUT2D eigenvalue weighted by atomic mass is 32.2. The van der Waals surface area contributed by atoms with Gasteiger partial charge in [-0.1, -0.05) is 0 Å². The first-order chi connectivity index (χ1) is 13.2. The molecule has 0 aliphatic carbocycles. The first kappa shape index (κ1) is 20.3. The molecule has 1 aromatic heterocycles. The predicted octanol–water partition coefficient (Wildman–Crippen LogP) is -1.49. The molecule has 2 unspecified atom stereocenters. The van der Waals surface area contributed by atoms with Gasteiger partial charge in [-0.05, 0) is 25.0 Å². The molecule has 28 heavy (non-hydrogen) atoms. The summed E-state index contributed by atoms with van der Waals surface area (Å²) in [6.07, 6.45) is 4.01. The summed E-state index contributed by atoms with van der Waals surface area (Å²) in [6, 6.07) is 1.64. The summed E-state index contributed by atoms with van der Waals surface area (Å²) in [6.45, 7) is 0.690. The average Bonchev–Trinajstić information content (AvgIpc) is 3.07. The Bertz CT molecular complexity index is 880. The number of hydrogen-bond acceptors (Lipinski definition) is 5. The molecule has 3 heterocycles. The number of sulfonamides is 1. The van der Waals surface area contributed by atoms with Crippen molar-refractivity contribution in [3.05, 3.63) is 24.0 Å². The molecule has 2 aliphatic rings. The van der Waals surface area contributed by atoms with Crippen LogP contribution in [0.25, 0.3) is 0 Å². The zero-order valence-electron chi connectivity index (χ0n) is 15.9. The van der Waals surface area contributed by atoms with Gasteiger partial charge in [0.1, 0.15) is 17.8 Å². The van der Waals surface area contributed by atoms with Crippen LogP contribution in [0.15, 0.2) is 18.3 Å². The van der Waals surface area contributed by atoms with Crippen molar-refractivity contribution in [2.45, 2.75) is 24.9 Å². The van der Waals surface area contributed by atoms with Gasteiger partial charge in [-0.25, -0.2) is 8.42 Å². The second-order valence-corrected chi connectivity index (χ2v) is 9.07. The molecule has 2 saturated heterocycles. The number of hydrogen-bond donors (Lipinski definition) is 2. The molecule has 154 valence electrons. The monoisotopic (exact) mass is 411 g/mol. The van der Waals surface area contributed by atoms with Crippen molar-refractivity contribution in [3.8, 4) is 0 Å². The van der Waals surface area contributed by atoms with E-state index in [1.807, 2.05) is 0 Å². The van der Waals surface area contributed by atoms with Crippen molar-refractivity contribution < 1.29 is 22.8 Å². The van der Waals surface area contributed by atoms with E-state index in [0.717, 1.165) is 17.0 Å². The number of nitrogens with zero attached hydrogens (tertiary/aromatic N) is 3. The molecule has 2 fully saturated rings. The summed E-state index contributed by atoms with van der Waals surface area (Å²) in [5.74, 6) is -1.12. The SMILES string of the molecule is Cn1cccc1C(=O)N1CCN(S(C)(=O)=O)C(C(=O)NC2CCCNC2=O)C1. The molecule has 3 rings (SSSR count). The van der Waals surface area contributed by atoms with E-state index in [-0.39, 0.29) is 31.4 Å². The molecule has 1 aromatic rings. The number of aryl methyl sites for hydroxylation is 1. The normalized spacial score (nSPS) is 23.9. The highest BCUT2D eigenvalue weighted by Gasteiger charge is 2.40. The smallest absolute Gasteiger partial charge is 0.270 e. The molecule has 10 nitrogen and oxygen atoms in total. The number of carbonyl (C=O) groups is 3. The Labute approximate surface area is 163 Å². The van der Waals surface area contributed by atoms with Crippen molar-refractivity contribution in [1.82, 2.24) is 24.4 Å². The maximum Gasteiger partial charge on any atom is 0.270 e. The summed E-state index contributed by atoms with van der Waals surface area (Å²) < 4.78 is 27.1. The van der Waals surface area contributed by atoms with Crippen LogP contribution in [0.4, 0.5) is 0 Å². The third kappa shape index (κ3) is 4.20. The van der Waals surface area contributed by atoms with Crippen LogP contribution in [0.3, 0.4) is 0 Å². The van der Waals surface area contributed by atoms with Gasteiger partial charge < -0.3 is 20.1 Å². The van der Waals surface area contributed by atoms with E-state index in [1.165, 1.54) is 4.90 Å². The number of amides is 3. The lowest BCUT2D eigenvalue weighted by atomic mass is 10.1. The van der Waals surface area contributed by atoms with E-state index in [1.54, 1.807) is 29.9 Å². The highest BCUT2D eigenvalue weighted by molar-refractivity contribution is 7.88. The Morgan fingerprint density at radius 3 is 2.64 bits per heavy atom. The zero-order chi connectivity index (χ0) is 20.5. The van der Waals surface area contributed by atoms with Crippen molar-refractivity contribution >= 4 is 27.7 Å². The first-order valence-electron chi connectivity index (χ1n) is 9.14. The molecule has 0 spiro atoms. The van der Waals surface area contributed by atoms with E-state index < -0.39 is 28.0 Å². The lowest BCUT2D eigenvalue weighted by Gasteiger charge is -2.39. The van der Waals surface area contributed by atoms with E-state index in [2.05, 4.69) is 10.6 Å². The summed E-state index contributed by atoms with van der Waals surface area (Å²) in [7, 11) is -1.91. The highest BCUT2D eigenvalue weighted by Crippen LogP contribution is 2.17. The number of aromatic nitrogens is 1. The quantitative estimate of drug-likeness (QED) is 0.625. The second kappa shape index (κ2) is 7.92. The lowest BCUT2D eigenvalue weighted by molar-refractivity contribution is -0.132. The minimum absolute atomic E-state index is 0.0178.